The number of fused-ring (bicyclic) bond motifs is 1. The van der Waals surface area contributed by atoms with E-state index in [4.69, 9.17) is 14.2 Å². The Labute approximate surface area is 155 Å². The fraction of sp³-hybridized carbons (Fsp3) is 0.684. The van der Waals surface area contributed by atoms with Crippen molar-refractivity contribution in [2.75, 3.05) is 33.4 Å². The smallest absolute Gasteiger partial charge is 0.243 e. The molecule has 2 aliphatic heterocycles. The number of piperidine rings is 1. The molecule has 0 aromatic heterocycles. The van der Waals surface area contributed by atoms with Crippen LogP contribution in [-0.2, 0) is 14.8 Å². The first-order chi connectivity index (χ1) is 12.5. The molecule has 1 aromatic rings. The molecule has 1 spiro atoms. The van der Waals surface area contributed by atoms with Crippen LogP contribution in [0.15, 0.2) is 23.1 Å². The molecular formula is C19H27NO5S. The summed E-state index contributed by atoms with van der Waals surface area (Å²) in [7, 11) is -1.82. The van der Waals surface area contributed by atoms with Gasteiger partial charge in [0.1, 0.15) is 0 Å². The Morgan fingerprint density at radius 3 is 2.69 bits per heavy atom. The van der Waals surface area contributed by atoms with Gasteiger partial charge in [-0.05, 0) is 37.8 Å². The summed E-state index contributed by atoms with van der Waals surface area (Å²) in [5.74, 6) is 1.14. The lowest BCUT2D eigenvalue weighted by Crippen LogP contribution is -2.49. The molecule has 2 heterocycles. The van der Waals surface area contributed by atoms with Crippen molar-refractivity contribution in [1.29, 1.82) is 0 Å². The summed E-state index contributed by atoms with van der Waals surface area (Å²) in [6.07, 6.45) is 6.04. The summed E-state index contributed by atoms with van der Waals surface area (Å²) in [5, 5.41) is 0. The second-order valence-corrected chi connectivity index (χ2v) is 9.52. The van der Waals surface area contributed by atoms with Crippen molar-refractivity contribution in [2.24, 2.45) is 5.41 Å². The van der Waals surface area contributed by atoms with Gasteiger partial charge in [0, 0.05) is 38.1 Å². The molecule has 6 nitrogen and oxygen atoms in total. The molecule has 2 fully saturated rings. The van der Waals surface area contributed by atoms with Gasteiger partial charge >= 0.3 is 0 Å². The standard InChI is InChI=1S/C19H27NO5S/c1-23-18-5-2-8-19(18)9-3-10-20(14-19)26(21,22)15-6-7-16-17(13-15)25-12-4-11-24-16/h6-7,13,18H,2-5,8-12,14H2,1H3/t18-,19-/m1/s1. The van der Waals surface area contributed by atoms with Crippen LogP contribution >= 0.6 is 0 Å². The molecule has 2 atom stereocenters. The lowest BCUT2D eigenvalue weighted by molar-refractivity contribution is -0.0184. The number of methoxy groups -OCH3 is 1. The van der Waals surface area contributed by atoms with Crippen LogP contribution in [0.5, 0.6) is 11.5 Å². The molecule has 1 aliphatic carbocycles. The zero-order valence-corrected chi connectivity index (χ0v) is 16.1. The van der Waals surface area contributed by atoms with Crippen LogP contribution in [0.2, 0.25) is 0 Å². The van der Waals surface area contributed by atoms with Crippen molar-refractivity contribution < 1.29 is 22.6 Å². The molecule has 1 saturated heterocycles. The molecule has 144 valence electrons. The molecule has 26 heavy (non-hydrogen) atoms. The lowest BCUT2D eigenvalue weighted by Gasteiger charge is -2.43. The van der Waals surface area contributed by atoms with Crippen LogP contribution in [-0.4, -0.2) is 52.2 Å². The summed E-state index contributed by atoms with van der Waals surface area (Å²) in [6, 6.07) is 4.95. The van der Waals surface area contributed by atoms with Gasteiger partial charge < -0.3 is 14.2 Å². The van der Waals surface area contributed by atoms with E-state index in [2.05, 4.69) is 0 Å². The third-order valence-corrected chi connectivity index (χ3v) is 7.88. The molecule has 0 N–H and O–H groups in total. The van der Waals surface area contributed by atoms with Gasteiger partial charge in [0.2, 0.25) is 10.0 Å². The number of hydrogen-bond acceptors (Lipinski definition) is 5. The highest BCUT2D eigenvalue weighted by Crippen LogP contribution is 2.47. The third kappa shape index (κ3) is 3.10. The summed E-state index contributed by atoms with van der Waals surface area (Å²) in [5.41, 5.74) is -0.0363. The zero-order valence-electron chi connectivity index (χ0n) is 15.3. The molecule has 0 unspecified atom stereocenters. The average molecular weight is 381 g/mol. The number of hydrogen-bond donors (Lipinski definition) is 0. The van der Waals surface area contributed by atoms with E-state index in [1.165, 1.54) is 0 Å². The van der Waals surface area contributed by atoms with Gasteiger partial charge in [0.25, 0.3) is 0 Å². The van der Waals surface area contributed by atoms with Gasteiger partial charge in [-0.1, -0.05) is 6.42 Å². The Kier molecular flexibility index (Phi) is 4.88. The maximum Gasteiger partial charge on any atom is 0.243 e. The van der Waals surface area contributed by atoms with Gasteiger partial charge in [0.15, 0.2) is 11.5 Å². The minimum atomic E-state index is -3.56. The van der Waals surface area contributed by atoms with E-state index < -0.39 is 10.0 Å². The minimum absolute atomic E-state index is 0.0363. The number of sulfonamides is 1. The zero-order chi connectivity index (χ0) is 18.2. The number of benzene rings is 1. The topological polar surface area (TPSA) is 65.1 Å². The summed E-state index contributed by atoms with van der Waals surface area (Å²) in [6.45, 7) is 2.24. The summed E-state index contributed by atoms with van der Waals surface area (Å²) < 4.78 is 45.2. The molecule has 4 rings (SSSR count). The first-order valence-corrected chi connectivity index (χ1v) is 10.9. The van der Waals surface area contributed by atoms with Crippen LogP contribution in [0.3, 0.4) is 0 Å². The van der Waals surface area contributed by atoms with Gasteiger partial charge in [-0.2, -0.15) is 4.31 Å². The lowest BCUT2D eigenvalue weighted by atomic mass is 9.77. The van der Waals surface area contributed by atoms with Crippen molar-refractivity contribution in [3.63, 3.8) is 0 Å². The van der Waals surface area contributed by atoms with Crippen molar-refractivity contribution >= 4 is 10.0 Å². The van der Waals surface area contributed by atoms with Crippen LogP contribution in [0.25, 0.3) is 0 Å². The molecule has 0 radical (unpaired) electrons. The van der Waals surface area contributed by atoms with Gasteiger partial charge in [-0.3, -0.25) is 0 Å². The van der Waals surface area contributed by atoms with Gasteiger partial charge in [-0.25, -0.2) is 8.42 Å². The molecule has 1 aromatic carbocycles. The highest BCUT2D eigenvalue weighted by molar-refractivity contribution is 7.89. The Morgan fingerprint density at radius 1 is 1.12 bits per heavy atom. The summed E-state index contributed by atoms with van der Waals surface area (Å²) in [4.78, 5) is 0.283. The summed E-state index contributed by atoms with van der Waals surface area (Å²) >= 11 is 0. The van der Waals surface area contributed by atoms with Crippen molar-refractivity contribution in [3.8, 4) is 11.5 Å². The van der Waals surface area contributed by atoms with E-state index >= 15 is 0 Å². The fourth-order valence-electron chi connectivity index (χ4n) is 4.72. The quantitative estimate of drug-likeness (QED) is 0.806. The first-order valence-electron chi connectivity index (χ1n) is 9.48. The number of rotatable bonds is 3. The van der Waals surface area contributed by atoms with Gasteiger partial charge in [0.05, 0.1) is 24.2 Å². The van der Waals surface area contributed by atoms with E-state index in [0.717, 1.165) is 38.5 Å². The molecule has 0 amide bonds. The third-order valence-electron chi connectivity index (χ3n) is 6.04. The largest absolute Gasteiger partial charge is 0.490 e. The Balaban J connectivity index is 1.61. The monoisotopic (exact) mass is 381 g/mol. The Hall–Kier alpha value is -1.31. The second-order valence-electron chi connectivity index (χ2n) is 7.58. The maximum absolute atomic E-state index is 13.3. The van der Waals surface area contributed by atoms with E-state index in [1.807, 2.05) is 0 Å². The first kappa shape index (κ1) is 18.1. The van der Waals surface area contributed by atoms with Crippen LogP contribution in [0.4, 0.5) is 0 Å². The predicted molar refractivity (Wildman–Crippen MR) is 97.1 cm³/mol. The molecular weight excluding hydrogens is 354 g/mol. The van der Waals surface area contributed by atoms with Crippen LogP contribution < -0.4 is 9.47 Å². The van der Waals surface area contributed by atoms with E-state index in [1.54, 1.807) is 29.6 Å². The van der Waals surface area contributed by atoms with E-state index in [9.17, 15) is 8.42 Å². The fourth-order valence-corrected chi connectivity index (χ4v) is 6.31. The Bertz CT molecular complexity index is 765. The minimum Gasteiger partial charge on any atom is -0.490 e. The highest BCUT2D eigenvalue weighted by atomic mass is 32.2. The maximum atomic E-state index is 13.3. The predicted octanol–water partition coefficient (Wildman–Crippen LogP) is 2.82. The normalized spacial score (nSPS) is 29.7. The van der Waals surface area contributed by atoms with Crippen LogP contribution in [0.1, 0.15) is 38.5 Å². The van der Waals surface area contributed by atoms with E-state index in [0.29, 0.717) is 37.8 Å². The molecule has 7 heteroatoms. The Morgan fingerprint density at radius 2 is 1.88 bits per heavy atom. The number of nitrogens with zero attached hydrogens (tertiary/aromatic N) is 1. The van der Waals surface area contributed by atoms with Crippen molar-refractivity contribution in [1.82, 2.24) is 4.31 Å². The SMILES string of the molecule is CO[C@@H]1CCC[C@]12CCCN(S(=O)(=O)c1ccc3c(c1)OCCCO3)C2. The molecule has 3 aliphatic rings. The van der Waals surface area contributed by atoms with Crippen molar-refractivity contribution in [2.45, 2.75) is 49.5 Å². The second kappa shape index (κ2) is 7.02. The van der Waals surface area contributed by atoms with Gasteiger partial charge in [-0.15, -0.1) is 0 Å². The molecule has 0 bridgehead atoms. The molecule has 1 saturated carbocycles. The highest BCUT2D eigenvalue weighted by Gasteiger charge is 2.48. The van der Waals surface area contributed by atoms with Crippen LogP contribution in [0, 0.1) is 5.41 Å². The van der Waals surface area contributed by atoms with Crippen molar-refractivity contribution in [3.05, 3.63) is 18.2 Å². The average Bonchev–Trinajstić information content (AvgIpc) is 2.88. The number of ether oxygens (including phenoxy) is 3. The van der Waals surface area contributed by atoms with E-state index in [-0.39, 0.29) is 16.4 Å².